The van der Waals surface area contributed by atoms with E-state index in [1.807, 2.05) is 0 Å². The molecular weight excluding hydrogens is 384 g/mol. The molecule has 2 amide bonds. The summed E-state index contributed by atoms with van der Waals surface area (Å²) >= 11 is 0. The Bertz CT molecular complexity index is 542. The predicted molar refractivity (Wildman–Crippen MR) is 90.8 cm³/mol. The average Bonchev–Trinajstić information content (AvgIpc) is 2.60. The van der Waals surface area contributed by atoms with Crippen LogP contribution >= 0.6 is 0 Å². The molecule has 0 aromatic rings. The zero-order valence-electron chi connectivity index (χ0n) is 15.2. The molecule has 0 aliphatic rings. The largest absolute Gasteiger partial charge is 0.480 e. The van der Waals surface area contributed by atoms with Gasteiger partial charge in [-0.3, -0.25) is 9.59 Å². The van der Waals surface area contributed by atoms with Crippen LogP contribution in [0.25, 0.3) is 0 Å². The van der Waals surface area contributed by atoms with Gasteiger partial charge in [0.15, 0.2) is 0 Å². The second kappa shape index (κ2) is 14.9. The Labute approximate surface area is 159 Å². The molecular formula is C14H24N4O10. The molecule has 0 saturated carbocycles. The number of carboxylic acid groups (broad SMARTS) is 1. The minimum atomic E-state index is -1.20. The number of nitrogens with one attached hydrogen (secondary N) is 2. The number of carboxylic acids is 1. The standard InChI is InChI=1S/C14H24N4O10/c19-12(6-3-9-27-17(23)24)15-8-2-1-5-11(14(21)22)16-13(20)7-4-10-28-18(25)26/h11H,1-10H2,(H,15,19)(H,16,20)(H,21,22). The van der Waals surface area contributed by atoms with Crippen molar-refractivity contribution >= 4 is 17.8 Å². The summed E-state index contributed by atoms with van der Waals surface area (Å²) < 4.78 is 0. The Morgan fingerprint density at radius 1 is 0.893 bits per heavy atom. The smallest absolute Gasteiger partial charge is 0.326 e. The Kier molecular flexibility index (Phi) is 13.2. The van der Waals surface area contributed by atoms with Gasteiger partial charge in [-0.1, -0.05) is 0 Å². The summed E-state index contributed by atoms with van der Waals surface area (Å²) in [6.45, 7) is -0.123. The van der Waals surface area contributed by atoms with Crippen LogP contribution in [0.15, 0.2) is 0 Å². The fourth-order valence-corrected chi connectivity index (χ4v) is 2.06. The van der Waals surface area contributed by atoms with Gasteiger partial charge < -0.3 is 25.4 Å². The second-order valence-corrected chi connectivity index (χ2v) is 5.62. The van der Waals surface area contributed by atoms with Crippen molar-refractivity contribution in [3.63, 3.8) is 0 Å². The summed E-state index contributed by atoms with van der Waals surface area (Å²) in [5, 5.41) is 32.0. The summed E-state index contributed by atoms with van der Waals surface area (Å²) in [7, 11) is 0. The van der Waals surface area contributed by atoms with Crippen molar-refractivity contribution in [3.05, 3.63) is 20.2 Å². The Balaban J connectivity index is 3.87. The van der Waals surface area contributed by atoms with Crippen LogP contribution in [0.5, 0.6) is 0 Å². The summed E-state index contributed by atoms with van der Waals surface area (Å²) in [6.07, 6.45) is 1.30. The highest BCUT2D eigenvalue weighted by molar-refractivity contribution is 5.83. The van der Waals surface area contributed by atoms with E-state index >= 15 is 0 Å². The fourth-order valence-electron chi connectivity index (χ4n) is 2.06. The lowest BCUT2D eigenvalue weighted by molar-refractivity contribution is -0.757. The van der Waals surface area contributed by atoms with Crippen molar-refractivity contribution in [1.29, 1.82) is 0 Å². The number of nitrogens with zero attached hydrogens (tertiary/aromatic N) is 2. The Morgan fingerprint density at radius 2 is 1.43 bits per heavy atom. The average molecular weight is 408 g/mol. The van der Waals surface area contributed by atoms with Crippen molar-refractivity contribution < 1.29 is 39.3 Å². The van der Waals surface area contributed by atoms with Crippen LogP contribution in [-0.4, -0.2) is 58.9 Å². The topological polar surface area (TPSA) is 200 Å². The third-order valence-electron chi connectivity index (χ3n) is 3.36. The minimum Gasteiger partial charge on any atom is -0.480 e. The van der Waals surface area contributed by atoms with E-state index in [1.165, 1.54) is 0 Å². The van der Waals surface area contributed by atoms with Gasteiger partial charge >= 0.3 is 5.97 Å². The molecule has 0 aliphatic carbocycles. The van der Waals surface area contributed by atoms with E-state index in [2.05, 4.69) is 20.3 Å². The number of unbranched alkanes of at least 4 members (excludes halogenated alkanes) is 1. The SMILES string of the molecule is O=C(CCCO[N+](=O)[O-])NCCCCC(NC(=O)CCCO[N+](=O)[O-])C(=O)O. The van der Waals surface area contributed by atoms with Gasteiger partial charge in [-0.2, -0.15) is 0 Å². The molecule has 0 bridgehead atoms. The first kappa shape index (κ1) is 24.8. The van der Waals surface area contributed by atoms with E-state index in [4.69, 9.17) is 5.11 Å². The number of carbonyl (C=O) groups is 3. The second-order valence-electron chi connectivity index (χ2n) is 5.62. The van der Waals surface area contributed by atoms with Crippen LogP contribution in [0.2, 0.25) is 0 Å². The molecule has 3 N–H and O–H groups in total. The van der Waals surface area contributed by atoms with Crippen LogP contribution in [0.4, 0.5) is 0 Å². The van der Waals surface area contributed by atoms with Gasteiger partial charge in [0.05, 0.1) is 13.2 Å². The fraction of sp³-hybridized carbons (Fsp3) is 0.786. The van der Waals surface area contributed by atoms with Gasteiger partial charge in [0, 0.05) is 19.4 Å². The number of carbonyl (C=O) groups excluding carboxylic acids is 2. The zero-order chi connectivity index (χ0) is 21.4. The van der Waals surface area contributed by atoms with Gasteiger partial charge in [0.2, 0.25) is 11.8 Å². The molecule has 0 radical (unpaired) electrons. The molecule has 0 fully saturated rings. The molecule has 0 heterocycles. The molecule has 0 saturated heterocycles. The van der Waals surface area contributed by atoms with Gasteiger partial charge in [-0.25, -0.2) is 4.79 Å². The molecule has 0 spiro atoms. The van der Waals surface area contributed by atoms with Gasteiger partial charge in [0.25, 0.3) is 10.2 Å². The Hall–Kier alpha value is -3.19. The molecule has 14 nitrogen and oxygen atoms in total. The molecule has 28 heavy (non-hydrogen) atoms. The quantitative estimate of drug-likeness (QED) is 0.165. The van der Waals surface area contributed by atoms with Crippen molar-refractivity contribution in [1.82, 2.24) is 10.6 Å². The lowest BCUT2D eigenvalue weighted by Gasteiger charge is -2.14. The van der Waals surface area contributed by atoms with Crippen molar-refractivity contribution in [2.45, 2.75) is 51.0 Å². The molecule has 1 unspecified atom stereocenters. The molecule has 0 aliphatic heterocycles. The Morgan fingerprint density at radius 3 is 1.93 bits per heavy atom. The van der Waals surface area contributed by atoms with Crippen molar-refractivity contribution in [2.75, 3.05) is 19.8 Å². The van der Waals surface area contributed by atoms with Crippen LogP contribution in [0.3, 0.4) is 0 Å². The number of aliphatic carboxylic acids is 1. The van der Waals surface area contributed by atoms with Crippen LogP contribution in [-0.2, 0) is 24.1 Å². The number of hydrogen-bond donors (Lipinski definition) is 3. The molecule has 0 aromatic heterocycles. The molecule has 0 aromatic carbocycles. The van der Waals surface area contributed by atoms with Crippen LogP contribution < -0.4 is 10.6 Å². The van der Waals surface area contributed by atoms with Crippen LogP contribution in [0, 0.1) is 20.2 Å². The van der Waals surface area contributed by atoms with Gasteiger partial charge in [-0.05, 0) is 32.1 Å². The first-order chi connectivity index (χ1) is 13.2. The maximum Gasteiger partial charge on any atom is 0.326 e. The molecule has 0 rings (SSSR count). The number of hydrogen-bond acceptors (Lipinski definition) is 9. The third-order valence-corrected chi connectivity index (χ3v) is 3.36. The highest BCUT2D eigenvalue weighted by Gasteiger charge is 2.19. The maximum absolute atomic E-state index is 11.6. The molecule has 14 heteroatoms. The maximum atomic E-state index is 11.6. The highest BCUT2D eigenvalue weighted by Crippen LogP contribution is 2.03. The van der Waals surface area contributed by atoms with Crippen molar-refractivity contribution in [2.24, 2.45) is 0 Å². The van der Waals surface area contributed by atoms with Gasteiger partial charge in [-0.15, -0.1) is 20.2 Å². The number of amides is 2. The lowest BCUT2D eigenvalue weighted by atomic mass is 10.1. The molecule has 1 atom stereocenters. The predicted octanol–water partition coefficient (Wildman–Crippen LogP) is -0.181. The van der Waals surface area contributed by atoms with Crippen molar-refractivity contribution in [3.8, 4) is 0 Å². The third kappa shape index (κ3) is 15.1. The highest BCUT2D eigenvalue weighted by atomic mass is 17.0. The monoisotopic (exact) mass is 408 g/mol. The normalized spacial score (nSPS) is 11.1. The van der Waals surface area contributed by atoms with E-state index in [1.54, 1.807) is 0 Å². The van der Waals surface area contributed by atoms with E-state index in [0.717, 1.165) is 0 Å². The van der Waals surface area contributed by atoms with E-state index < -0.39 is 28.1 Å². The van der Waals surface area contributed by atoms with Gasteiger partial charge in [0.1, 0.15) is 6.04 Å². The minimum absolute atomic E-state index is 0.0712. The summed E-state index contributed by atoms with van der Waals surface area (Å²) in [5.74, 6) is -2.05. The van der Waals surface area contributed by atoms with E-state index in [9.17, 15) is 34.6 Å². The summed E-state index contributed by atoms with van der Waals surface area (Å²) in [4.78, 5) is 62.3. The zero-order valence-corrected chi connectivity index (χ0v) is 15.2. The first-order valence-electron chi connectivity index (χ1n) is 8.56. The molecule has 160 valence electrons. The van der Waals surface area contributed by atoms with E-state index in [-0.39, 0.29) is 51.2 Å². The summed E-state index contributed by atoms with van der Waals surface area (Å²) in [6, 6.07) is -1.10. The number of rotatable bonds is 17. The summed E-state index contributed by atoms with van der Waals surface area (Å²) in [5.41, 5.74) is 0. The van der Waals surface area contributed by atoms with Crippen LogP contribution in [0.1, 0.15) is 44.9 Å². The van der Waals surface area contributed by atoms with E-state index in [0.29, 0.717) is 19.4 Å². The lowest BCUT2D eigenvalue weighted by Crippen LogP contribution is -2.40. The first-order valence-corrected chi connectivity index (χ1v) is 8.56.